The van der Waals surface area contributed by atoms with Crippen LogP contribution in [-0.4, -0.2) is 93.0 Å². The molecule has 2 aromatic carbocycles. The molecule has 1 amide bonds. The molecule has 1 heterocycles. The molecule has 0 spiro atoms. The van der Waals surface area contributed by atoms with Crippen LogP contribution in [0.2, 0.25) is 0 Å². The normalized spacial score (nSPS) is 20.7. The third kappa shape index (κ3) is 14.6. The van der Waals surface area contributed by atoms with Crippen LogP contribution in [0.25, 0.3) is 0 Å². The van der Waals surface area contributed by atoms with E-state index in [-0.39, 0.29) is 26.4 Å². The molecule has 18 nitrogen and oxygen atoms in total. The summed E-state index contributed by atoms with van der Waals surface area (Å²) in [6.07, 6.45) is -7.33. The summed E-state index contributed by atoms with van der Waals surface area (Å²) in [6.45, 7) is 6.49. The van der Waals surface area contributed by atoms with Crippen molar-refractivity contribution in [2.45, 2.75) is 97.4 Å². The average Bonchev–Trinajstić information content (AvgIpc) is 3.15. The van der Waals surface area contributed by atoms with Crippen LogP contribution in [0, 0.1) is 0 Å². The Hall–Kier alpha value is -3.83. The van der Waals surface area contributed by atoms with Crippen molar-refractivity contribution in [2.24, 2.45) is 0 Å². The SMILES string of the molecule is CCOP(OCC)O[C@@]1(C(=O)OC)C[C@H](OC(C)=O)[C@@H](NC(C)=O)[C@H]([C@H](OC(C)=O)[C@@H](COP(=O)(OCc2ccccc2)OCc2ccccc2)OC(C)=O)O1. The minimum Gasteiger partial charge on any atom is -0.465 e. The molecule has 0 aromatic heterocycles. The number of rotatable bonds is 22. The summed E-state index contributed by atoms with van der Waals surface area (Å²) in [4.78, 5) is 64.3. The van der Waals surface area contributed by atoms with Crippen LogP contribution in [0.3, 0.4) is 0 Å². The Balaban J connectivity index is 2.15. The molecule has 20 heteroatoms. The summed E-state index contributed by atoms with van der Waals surface area (Å²) in [5.41, 5.74) is 1.25. The lowest BCUT2D eigenvalue weighted by atomic mass is 9.88. The van der Waals surface area contributed by atoms with Gasteiger partial charge < -0.3 is 38.0 Å². The minimum atomic E-state index is -4.55. The number of hydrogen-bond donors (Lipinski definition) is 1. The van der Waals surface area contributed by atoms with Gasteiger partial charge in [-0.3, -0.25) is 37.3 Å². The molecule has 2 aromatic rings. The van der Waals surface area contributed by atoms with Crippen molar-refractivity contribution in [1.29, 1.82) is 0 Å². The molecule has 1 N–H and O–H groups in total. The van der Waals surface area contributed by atoms with Gasteiger partial charge in [0.05, 0.1) is 52.6 Å². The van der Waals surface area contributed by atoms with E-state index in [1.54, 1.807) is 74.5 Å². The first kappa shape index (κ1) is 46.6. The van der Waals surface area contributed by atoms with Gasteiger partial charge in [-0.2, -0.15) is 0 Å². The van der Waals surface area contributed by atoms with Crippen molar-refractivity contribution in [1.82, 2.24) is 5.32 Å². The smallest absolute Gasteiger partial charge is 0.465 e. The largest absolute Gasteiger partial charge is 0.475 e. The third-order valence-electron chi connectivity index (χ3n) is 7.60. The fraction of sp³-hybridized carbons (Fsp3) is 0.528. The highest BCUT2D eigenvalue weighted by Gasteiger charge is 2.60. The van der Waals surface area contributed by atoms with E-state index in [9.17, 15) is 28.5 Å². The second-order valence-electron chi connectivity index (χ2n) is 12.0. The maximum Gasteiger partial charge on any atom is 0.475 e. The van der Waals surface area contributed by atoms with Gasteiger partial charge in [0, 0.05) is 27.7 Å². The van der Waals surface area contributed by atoms with Crippen molar-refractivity contribution < 1.29 is 79.4 Å². The summed E-state index contributed by atoms with van der Waals surface area (Å²) < 4.78 is 77.0. The summed E-state index contributed by atoms with van der Waals surface area (Å²) >= 11 is 0. The number of ether oxygens (including phenoxy) is 5. The number of amides is 1. The average molecular weight is 830 g/mol. The molecule has 1 aliphatic rings. The fourth-order valence-corrected chi connectivity index (χ4v) is 7.65. The number of benzene rings is 2. The van der Waals surface area contributed by atoms with E-state index in [0.717, 1.165) is 34.8 Å². The zero-order valence-corrected chi connectivity index (χ0v) is 34.0. The molecule has 0 aliphatic carbocycles. The van der Waals surface area contributed by atoms with Crippen molar-refractivity contribution in [3.63, 3.8) is 0 Å². The first-order chi connectivity index (χ1) is 26.6. The lowest BCUT2D eigenvalue weighted by molar-refractivity contribution is -0.291. The quantitative estimate of drug-likeness (QED) is 0.0956. The number of esters is 4. The van der Waals surface area contributed by atoms with Gasteiger partial charge >= 0.3 is 40.3 Å². The monoisotopic (exact) mass is 829 g/mol. The van der Waals surface area contributed by atoms with E-state index in [0.29, 0.717) is 11.1 Å². The molecule has 0 unspecified atom stereocenters. The third-order valence-corrected chi connectivity index (χ3v) is 10.3. The summed E-state index contributed by atoms with van der Waals surface area (Å²) in [6, 6.07) is 16.0. The topological polar surface area (TPSA) is 216 Å². The van der Waals surface area contributed by atoms with Crippen LogP contribution in [0.5, 0.6) is 0 Å². The first-order valence-corrected chi connectivity index (χ1v) is 20.1. The van der Waals surface area contributed by atoms with Crippen LogP contribution in [0.15, 0.2) is 60.7 Å². The van der Waals surface area contributed by atoms with Gasteiger partial charge in [0.1, 0.15) is 12.2 Å². The molecule has 1 fully saturated rings. The Labute approximate surface area is 326 Å². The van der Waals surface area contributed by atoms with Crippen molar-refractivity contribution >= 4 is 46.2 Å². The maximum atomic E-state index is 14.3. The highest BCUT2D eigenvalue weighted by atomic mass is 31.2. The van der Waals surface area contributed by atoms with Crippen LogP contribution in [-0.2, 0) is 92.6 Å². The van der Waals surface area contributed by atoms with Gasteiger partial charge in [-0.1, -0.05) is 60.7 Å². The highest BCUT2D eigenvalue weighted by Crippen LogP contribution is 2.52. The number of methoxy groups -OCH3 is 1. The number of phosphoric ester groups is 1. The van der Waals surface area contributed by atoms with Gasteiger partial charge in [-0.05, 0) is 25.0 Å². The van der Waals surface area contributed by atoms with E-state index in [4.69, 9.17) is 50.8 Å². The van der Waals surface area contributed by atoms with E-state index < -0.39 is 95.5 Å². The number of hydrogen-bond acceptors (Lipinski definition) is 17. The second-order valence-corrected chi connectivity index (χ2v) is 14.9. The first-order valence-electron chi connectivity index (χ1n) is 17.6. The van der Waals surface area contributed by atoms with Crippen LogP contribution >= 0.6 is 16.4 Å². The molecule has 0 radical (unpaired) electrons. The van der Waals surface area contributed by atoms with E-state index in [1.807, 2.05) is 0 Å². The Morgan fingerprint density at radius 2 is 1.36 bits per heavy atom. The van der Waals surface area contributed by atoms with Gasteiger partial charge in [-0.25, -0.2) is 9.36 Å². The summed E-state index contributed by atoms with van der Waals surface area (Å²) in [5, 5.41) is 2.61. The van der Waals surface area contributed by atoms with Crippen LogP contribution in [0.4, 0.5) is 0 Å². The Morgan fingerprint density at radius 1 is 0.821 bits per heavy atom. The fourth-order valence-electron chi connectivity index (χ4n) is 5.45. The summed E-state index contributed by atoms with van der Waals surface area (Å²) in [7, 11) is -5.85. The van der Waals surface area contributed by atoms with Gasteiger partial charge in [0.25, 0.3) is 5.79 Å². The van der Waals surface area contributed by atoms with Crippen molar-refractivity contribution in [3.8, 4) is 0 Å². The Kier molecular flexibility index (Phi) is 18.9. The van der Waals surface area contributed by atoms with Gasteiger partial charge in [-0.15, -0.1) is 0 Å². The molecule has 3 rings (SSSR count). The number of phosphoric acid groups is 1. The van der Waals surface area contributed by atoms with E-state index >= 15 is 0 Å². The standard InChI is InChI=1S/C36H49NO17P2/c1-8-45-55(46-9-2)54-36(35(42)44-7)20-30(50-25(4)39)32(37-24(3)38)34(53-36)33(52-27(6)41)31(51-26(5)40)23-49-56(43,47-21-28-16-12-10-13-17-28)48-22-29-18-14-11-15-19-29/h10-19,30-34H,8-9,20-23H2,1-7H3,(H,37,38)/t30-,31+,32+,33+,34+,36+/m0/s1. The molecule has 0 bridgehead atoms. The van der Waals surface area contributed by atoms with Crippen LogP contribution in [0.1, 0.15) is 59.1 Å². The van der Waals surface area contributed by atoms with Crippen molar-refractivity contribution in [2.75, 3.05) is 26.9 Å². The summed E-state index contributed by atoms with van der Waals surface area (Å²) in [5.74, 6) is -7.02. The molecule has 1 aliphatic heterocycles. The molecular weight excluding hydrogens is 780 g/mol. The number of carbonyl (C=O) groups is 5. The second kappa shape index (κ2) is 22.8. The Bertz CT molecular complexity index is 1580. The minimum absolute atomic E-state index is 0.0783. The van der Waals surface area contributed by atoms with E-state index in [2.05, 4.69) is 5.32 Å². The molecule has 6 atom stereocenters. The lowest BCUT2D eigenvalue weighted by Crippen LogP contribution is -2.69. The predicted octanol–water partition coefficient (Wildman–Crippen LogP) is 4.82. The van der Waals surface area contributed by atoms with Gasteiger partial charge in [0.15, 0.2) is 12.2 Å². The Morgan fingerprint density at radius 3 is 1.80 bits per heavy atom. The number of carbonyl (C=O) groups excluding carboxylic acids is 5. The molecule has 1 saturated heterocycles. The molecule has 0 saturated carbocycles. The molecule has 56 heavy (non-hydrogen) atoms. The highest BCUT2D eigenvalue weighted by molar-refractivity contribution is 7.48. The molecular formula is C36H49NO17P2. The zero-order valence-electron chi connectivity index (χ0n) is 32.2. The van der Waals surface area contributed by atoms with Gasteiger partial charge in [0.2, 0.25) is 5.91 Å². The van der Waals surface area contributed by atoms with E-state index in [1.165, 1.54) is 0 Å². The predicted molar refractivity (Wildman–Crippen MR) is 196 cm³/mol. The van der Waals surface area contributed by atoms with Crippen molar-refractivity contribution in [3.05, 3.63) is 71.8 Å². The zero-order chi connectivity index (χ0) is 41.3. The van der Waals surface area contributed by atoms with Crippen LogP contribution < -0.4 is 5.32 Å². The lowest BCUT2D eigenvalue weighted by Gasteiger charge is -2.48. The number of nitrogens with one attached hydrogen (secondary N) is 1. The maximum absolute atomic E-state index is 14.3. The molecule has 310 valence electrons.